The molecule has 3 heterocycles. The lowest BCUT2D eigenvalue weighted by Crippen LogP contribution is -2.73. The summed E-state index contributed by atoms with van der Waals surface area (Å²) < 4.78 is 44.3. The van der Waals surface area contributed by atoms with E-state index in [0.717, 1.165) is 17.6 Å². The Morgan fingerprint density at radius 2 is 1.85 bits per heavy atom. The zero-order valence-corrected chi connectivity index (χ0v) is 24.4. The Morgan fingerprint density at radius 1 is 1.18 bits per heavy atom. The van der Waals surface area contributed by atoms with Crippen molar-refractivity contribution < 1.29 is 23.0 Å². The maximum absolute atomic E-state index is 12.8. The quantitative estimate of drug-likeness (QED) is 0.328. The lowest BCUT2D eigenvalue weighted by Gasteiger charge is -2.61. The second-order valence-electron chi connectivity index (χ2n) is 11.4. The van der Waals surface area contributed by atoms with Crippen LogP contribution in [0.3, 0.4) is 0 Å². The topological polar surface area (TPSA) is 85.6 Å². The van der Waals surface area contributed by atoms with Gasteiger partial charge in [-0.05, 0) is 52.3 Å². The molecule has 0 amide bonds. The lowest BCUT2D eigenvalue weighted by molar-refractivity contribution is -0.172. The van der Waals surface area contributed by atoms with Crippen LogP contribution in [0, 0.1) is 17.7 Å². The Morgan fingerprint density at radius 3 is 2.42 bits per heavy atom. The van der Waals surface area contributed by atoms with Crippen LogP contribution >= 0.6 is 11.6 Å². The molecule has 2 aromatic rings. The number of aliphatic hydroxyl groups is 1. The summed E-state index contributed by atoms with van der Waals surface area (Å²) in [5, 5.41) is 18.9. The van der Waals surface area contributed by atoms with Crippen molar-refractivity contribution in [3.8, 4) is 17.1 Å². The number of ether oxygens (including phenoxy) is 1. The average molecular weight is 580 g/mol. The number of aromatic nitrogens is 2. The SMILES string of the molecule is CCC[C@@H](O)COc1ccc(Cl)c(-c2nc(C(C(C)=N)=C(C)C)c(C)c(N3CC4(CN(CC(F)(F)F)C4)C3)n2)c1. The number of benzene rings is 1. The normalized spacial score (nSPS) is 17.3. The van der Waals surface area contributed by atoms with E-state index in [1.54, 1.807) is 25.1 Å². The van der Waals surface area contributed by atoms with Gasteiger partial charge in [-0.3, -0.25) is 4.90 Å². The third-order valence-electron chi connectivity index (χ3n) is 7.35. The summed E-state index contributed by atoms with van der Waals surface area (Å²) in [6.45, 7) is 10.7. The highest BCUT2D eigenvalue weighted by Crippen LogP contribution is 2.44. The number of halogens is 4. The van der Waals surface area contributed by atoms with E-state index in [1.165, 1.54) is 4.90 Å². The Hall–Kier alpha value is -2.69. The molecule has 7 nitrogen and oxygen atoms in total. The number of hydrogen-bond donors (Lipinski definition) is 2. The van der Waals surface area contributed by atoms with Crippen molar-refractivity contribution in [3.05, 3.63) is 40.1 Å². The van der Waals surface area contributed by atoms with Crippen LogP contribution in [0.2, 0.25) is 5.02 Å². The fraction of sp³-hybridized carbons (Fsp3) is 0.552. The largest absolute Gasteiger partial charge is 0.491 e. The highest BCUT2D eigenvalue weighted by Gasteiger charge is 2.54. The monoisotopic (exact) mass is 579 g/mol. The van der Waals surface area contributed by atoms with Crippen molar-refractivity contribution >= 4 is 28.7 Å². The van der Waals surface area contributed by atoms with Gasteiger partial charge in [0, 0.05) is 54.0 Å². The molecule has 1 spiro atoms. The molecule has 0 radical (unpaired) electrons. The molecule has 1 aromatic carbocycles. The molecule has 2 aliphatic rings. The van der Waals surface area contributed by atoms with Crippen molar-refractivity contribution in [2.24, 2.45) is 5.41 Å². The van der Waals surface area contributed by atoms with E-state index in [9.17, 15) is 18.3 Å². The number of allylic oxidation sites excluding steroid dienone is 2. The van der Waals surface area contributed by atoms with Crippen molar-refractivity contribution in [1.29, 1.82) is 5.41 Å². The smallest absolute Gasteiger partial charge is 0.401 e. The Labute approximate surface area is 238 Å². The van der Waals surface area contributed by atoms with Crippen molar-refractivity contribution in [2.45, 2.75) is 59.7 Å². The fourth-order valence-electron chi connectivity index (χ4n) is 5.72. The fourth-order valence-corrected chi connectivity index (χ4v) is 5.92. The molecule has 1 aromatic heterocycles. The van der Waals surface area contributed by atoms with Gasteiger partial charge in [-0.15, -0.1) is 0 Å². The maximum atomic E-state index is 12.8. The van der Waals surface area contributed by atoms with Crippen LogP contribution in [0.5, 0.6) is 5.75 Å². The summed E-state index contributed by atoms with van der Waals surface area (Å²) in [6.07, 6.45) is -3.30. The van der Waals surface area contributed by atoms with Gasteiger partial charge in [0.2, 0.25) is 0 Å². The van der Waals surface area contributed by atoms with Gasteiger partial charge in [0.05, 0.1) is 23.4 Å². The first kappa shape index (κ1) is 30.3. The van der Waals surface area contributed by atoms with Crippen LogP contribution in [0.4, 0.5) is 19.0 Å². The van der Waals surface area contributed by atoms with Gasteiger partial charge in [0.25, 0.3) is 0 Å². The summed E-state index contributed by atoms with van der Waals surface area (Å²) in [5.74, 6) is 1.57. The summed E-state index contributed by atoms with van der Waals surface area (Å²) in [5.41, 5.74) is 3.82. The van der Waals surface area contributed by atoms with Crippen LogP contribution in [-0.2, 0) is 0 Å². The van der Waals surface area contributed by atoms with E-state index in [2.05, 4.69) is 4.90 Å². The van der Waals surface area contributed by atoms with Crippen LogP contribution in [-0.4, -0.2) is 77.3 Å². The van der Waals surface area contributed by atoms with Crippen molar-refractivity contribution in [3.63, 3.8) is 0 Å². The third kappa shape index (κ3) is 6.61. The summed E-state index contributed by atoms with van der Waals surface area (Å²) in [7, 11) is 0. The second-order valence-corrected chi connectivity index (χ2v) is 11.8. The summed E-state index contributed by atoms with van der Waals surface area (Å²) in [6, 6.07) is 5.18. The Kier molecular flexibility index (Phi) is 8.82. The van der Waals surface area contributed by atoms with Gasteiger partial charge in [0.1, 0.15) is 18.2 Å². The van der Waals surface area contributed by atoms with Gasteiger partial charge < -0.3 is 20.2 Å². The van der Waals surface area contributed by atoms with Gasteiger partial charge in [-0.1, -0.05) is 30.5 Å². The summed E-state index contributed by atoms with van der Waals surface area (Å²) >= 11 is 6.62. The van der Waals surface area contributed by atoms with E-state index in [0.29, 0.717) is 77.6 Å². The van der Waals surface area contributed by atoms with Crippen LogP contribution < -0.4 is 9.64 Å². The third-order valence-corrected chi connectivity index (χ3v) is 7.68. The van der Waals surface area contributed by atoms with E-state index in [1.807, 2.05) is 27.7 Å². The lowest BCUT2D eigenvalue weighted by atomic mass is 9.72. The number of nitrogens with zero attached hydrogens (tertiary/aromatic N) is 4. The highest BCUT2D eigenvalue weighted by atomic mass is 35.5. The number of anilines is 1. The Bertz CT molecular complexity index is 1300. The van der Waals surface area contributed by atoms with Gasteiger partial charge in [-0.2, -0.15) is 13.2 Å². The highest BCUT2D eigenvalue weighted by molar-refractivity contribution is 6.33. The molecule has 0 saturated carbocycles. The molecule has 218 valence electrons. The van der Waals surface area contributed by atoms with Crippen LogP contribution in [0.25, 0.3) is 17.0 Å². The first-order valence-corrected chi connectivity index (χ1v) is 13.9. The molecule has 2 saturated heterocycles. The minimum atomic E-state index is -4.20. The second kappa shape index (κ2) is 11.7. The van der Waals surface area contributed by atoms with E-state index < -0.39 is 18.8 Å². The molecule has 2 fully saturated rings. The average Bonchev–Trinajstić information content (AvgIpc) is 2.80. The molecule has 2 N–H and O–H groups in total. The molecule has 40 heavy (non-hydrogen) atoms. The zero-order valence-electron chi connectivity index (χ0n) is 23.6. The summed E-state index contributed by atoms with van der Waals surface area (Å²) in [4.78, 5) is 13.3. The first-order valence-electron chi connectivity index (χ1n) is 13.5. The number of aliphatic hydroxyl groups excluding tert-OH is 1. The maximum Gasteiger partial charge on any atom is 0.401 e. The molecular weight excluding hydrogens is 543 g/mol. The molecular formula is C29H37ClF3N5O2. The number of rotatable bonds is 10. The number of likely N-dealkylation sites (tertiary alicyclic amines) is 1. The number of alkyl halides is 3. The van der Waals surface area contributed by atoms with E-state index in [-0.39, 0.29) is 12.0 Å². The number of nitrogens with one attached hydrogen (secondary N) is 1. The minimum Gasteiger partial charge on any atom is -0.491 e. The van der Waals surface area contributed by atoms with E-state index in [4.69, 9.17) is 31.7 Å². The predicted molar refractivity (Wildman–Crippen MR) is 152 cm³/mol. The van der Waals surface area contributed by atoms with Gasteiger partial charge in [0.15, 0.2) is 5.82 Å². The number of hydrogen-bond acceptors (Lipinski definition) is 7. The molecule has 2 aliphatic heterocycles. The van der Waals surface area contributed by atoms with Gasteiger partial charge in [-0.25, -0.2) is 9.97 Å². The molecule has 0 unspecified atom stereocenters. The Balaban J connectivity index is 1.68. The standard InChI is InChI=1S/C29H37ClF3N5O2/c1-6-7-20(39)11-40-21-8-9-23(30)22(10-21)26-35-25(24(17(2)3)19(5)34)18(4)27(36-26)38-14-28(15-38)12-37(13-28)16-29(31,32)33/h8-10,20,34,39H,6-7,11-16H2,1-5H3/t20-/m1/s1. The molecule has 0 bridgehead atoms. The first-order chi connectivity index (χ1) is 18.7. The van der Waals surface area contributed by atoms with Crippen LogP contribution in [0.1, 0.15) is 51.8 Å². The minimum absolute atomic E-state index is 0.149. The molecule has 11 heteroatoms. The van der Waals surface area contributed by atoms with Crippen molar-refractivity contribution in [1.82, 2.24) is 14.9 Å². The zero-order chi connectivity index (χ0) is 29.4. The predicted octanol–water partition coefficient (Wildman–Crippen LogP) is 6.16. The van der Waals surface area contributed by atoms with E-state index >= 15 is 0 Å². The molecule has 4 rings (SSSR count). The van der Waals surface area contributed by atoms with Crippen LogP contribution in [0.15, 0.2) is 23.8 Å². The molecule has 0 aliphatic carbocycles. The van der Waals surface area contributed by atoms with Gasteiger partial charge >= 0.3 is 6.18 Å². The molecule has 1 atom stereocenters. The van der Waals surface area contributed by atoms with Crippen molar-refractivity contribution in [2.75, 3.05) is 44.2 Å².